The molecule has 0 unspecified atom stereocenters. The molecular weight excluding hydrogens is 440 g/mol. The Bertz CT molecular complexity index is 1160. The smallest absolute Gasteiger partial charge is 0.273 e. The lowest BCUT2D eigenvalue weighted by Gasteiger charge is -2.32. The van der Waals surface area contributed by atoms with E-state index in [4.69, 9.17) is 4.98 Å². The number of para-hydroxylation sites is 1. The molecule has 1 aliphatic heterocycles. The van der Waals surface area contributed by atoms with E-state index >= 15 is 0 Å². The molecule has 3 aromatic rings. The molecule has 0 radical (unpaired) electrons. The van der Waals surface area contributed by atoms with Crippen LogP contribution < -0.4 is 5.32 Å². The fourth-order valence-electron chi connectivity index (χ4n) is 4.74. The van der Waals surface area contributed by atoms with Crippen molar-refractivity contribution in [3.8, 4) is 0 Å². The monoisotopic (exact) mass is 472 g/mol. The number of benzene rings is 2. The number of hydrogen-bond acceptors (Lipinski definition) is 5. The molecule has 2 heterocycles. The predicted molar refractivity (Wildman–Crippen MR) is 136 cm³/mol. The van der Waals surface area contributed by atoms with Gasteiger partial charge < -0.3 is 5.32 Å². The molecule has 7 heteroatoms. The summed E-state index contributed by atoms with van der Waals surface area (Å²) in [6.07, 6.45) is 3.54. The fraction of sp³-hybridized carbons (Fsp3) is 0.357. The first-order valence-corrected chi connectivity index (χ1v) is 12.3. The van der Waals surface area contributed by atoms with Crippen molar-refractivity contribution < 1.29 is 9.72 Å². The van der Waals surface area contributed by atoms with Crippen LogP contribution in [-0.2, 0) is 13.0 Å². The zero-order chi connectivity index (χ0) is 24.6. The standard InChI is InChI=1S/C28H32N4O3/c1-21-13-14-25(28(33)29-17-7-10-22-8-3-2-4-9-22)27(30-21)23-15-18-31(19-16-23)20-24-11-5-6-12-26(24)32(34)35/h2-6,8-9,11-14,23H,7,10,15-20H2,1H3,(H,29,33). The maximum atomic E-state index is 13.0. The maximum absolute atomic E-state index is 13.0. The number of aryl methyl sites for hydroxylation is 2. The summed E-state index contributed by atoms with van der Waals surface area (Å²) in [6.45, 7) is 4.75. The van der Waals surface area contributed by atoms with Gasteiger partial charge in [-0.05, 0) is 63.4 Å². The number of likely N-dealkylation sites (tertiary alicyclic amines) is 1. The Balaban J connectivity index is 1.35. The number of carbonyl (C=O) groups excluding carboxylic acids is 1. The van der Waals surface area contributed by atoms with Crippen LogP contribution in [0.1, 0.15) is 58.1 Å². The van der Waals surface area contributed by atoms with Crippen LogP contribution >= 0.6 is 0 Å². The van der Waals surface area contributed by atoms with Crippen LogP contribution in [0.15, 0.2) is 66.7 Å². The second-order valence-corrected chi connectivity index (χ2v) is 9.17. The van der Waals surface area contributed by atoms with Gasteiger partial charge in [0.25, 0.3) is 11.6 Å². The minimum atomic E-state index is -0.316. The minimum Gasteiger partial charge on any atom is -0.352 e. The highest BCUT2D eigenvalue weighted by Crippen LogP contribution is 2.31. The first-order chi connectivity index (χ1) is 17.0. The lowest BCUT2D eigenvalue weighted by Crippen LogP contribution is -2.34. The summed E-state index contributed by atoms with van der Waals surface area (Å²) in [4.78, 5) is 31.1. The highest BCUT2D eigenvalue weighted by atomic mass is 16.6. The third kappa shape index (κ3) is 6.51. The number of piperidine rings is 1. The molecule has 1 N–H and O–H groups in total. The first-order valence-electron chi connectivity index (χ1n) is 12.3. The zero-order valence-corrected chi connectivity index (χ0v) is 20.2. The van der Waals surface area contributed by atoms with Crippen molar-refractivity contribution in [2.45, 2.75) is 45.1 Å². The van der Waals surface area contributed by atoms with Crippen LogP contribution in [0.4, 0.5) is 5.69 Å². The van der Waals surface area contributed by atoms with Gasteiger partial charge in [0, 0.05) is 36.3 Å². The molecule has 182 valence electrons. The highest BCUT2D eigenvalue weighted by Gasteiger charge is 2.27. The van der Waals surface area contributed by atoms with Gasteiger partial charge in [0.15, 0.2) is 0 Å². The molecule has 0 atom stereocenters. The molecule has 1 fully saturated rings. The predicted octanol–water partition coefficient (Wildman–Crippen LogP) is 5.04. The van der Waals surface area contributed by atoms with Crippen molar-refractivity contribution in [1.29, 1.82) is 0 Å². The zero-order valence-electron chi connectivity index (χ0n) is 20.2. The van der Waals surface area contributed by atoms with Gasteiger partial charge in [0.05, 0.1) is 16.2 Å². The van der Waals surface area contributed by atoms with Crippen LogP contribution in [0.3, 0.4) is 0 Å². The van der Waals surface area contributed by atoms with Crippen LogP contribution in [0.5, 0.6) is 0 Å². The van der Waals surface area contributed by atoms with Crippen molar-refractivity contribution in [3.05, 3.63) is 105 Å². The molecule has 1 amide bonds. The third-order valence-corrected chi connectivity index (χ3v) is 6.64. The molecule has 1 aromatic heterocycles. The Morgan fingerprint density at radius 1 is 1.06 bits per heavy atom. The number of hydrogen-bond donors (Lipinski definition) is 1. The lowest BCUT2D eigenvalue weighted by molar-refractivity contribution is -0.385. The number of carbonyl (C=O) groups is 1. The van der Waals surface area contributed by atoms with Crippen LogP contribution in [-0.4, -0.2) is 40.3 Å². The molecule has 0 aliphatic carbocycles. The largest absolute Gasteiger partial charge is 0.352 e. The van der Waals surface area contributed by atoms with E-state index in [2.05, 4.69) is 22.3 Å². The molecule has 7 nitrogen and oxygen atoms in total. The minimum absolute atomic E-state index is 0.0668. The highest BCUT2D eigenvalue weighted by molar-refractivity contribution is 5.95. The molecule has 1 aliphatic rings. The average molecular weight is 473 g/mol. The van der Waals surface area contributed by atoms with E-state index in [0.29, 0.717) is 18.7 Å². The Labute approximate surface area is 206 Å². The van der Waals surface area contributed by atoms with Gasteiger partial charge in [-0.2, -0.15) is 0 Å². The molecule has 0 bridgehead atoms. The summed E-state index contributed by atoms with van der Waals surface area (Å²) in [5.74, 6) is 0.130. The van der Waals surface area contributed by atoms with Crippen LogP contribution in [0, 0.1) is 17.0 Å². The molecular formula is C28H32N4O3. The van der Waals surface area contributed by atoms with Crippen molar-refractivity contribution in [1.82, 2.24) is 15.2 Å². The van der Waals surface area contributed by atoms with Gasteiger partial charge in [-0.15, -0.1) is 0 Å². The SMILES string of the molecule is Cc1ccc(C(=O)NCCCc2ccccc2)c(C2CCN(Cc3ccccc3[N+](=O)[O-])CC2)n1. The van der Waals surface area contributed by atoms with E-state index in [1.807, 2.05) is 49.4 Å². The third-order valence-electron chi connectivity index (χ3n) is 6.64. The average Bonchev–Trinajstić information content (AvgIpc) is 2.88. The van der Waals surface area contributed by atoms with Crippen molar-refractivity contribution in [3.63, 3.8) is 0 Å². The Kier molecular flexibility index (Phi) is 8.21. The lowest BCUT2D eigenvalue weighted by atomic mass is 9.89. The number of nitro benzene ring substituents is 1. The topological polar surface area (TPSA) is 88.4 Å². The van der Waals surface area contributed by atoms with Gasteiger partial charge in [0.1, 0.15) is 0 Å². The van der Waals surface area contributed by atoms with Gasteiger partial charge in [-0.25, -0.2) is 0 Å². The second kappa shape index (κ2) is 11.7. The summed E-state index contributed by atoms with van der Waals surface area (Å²) in [6, 6.07) is 21.0. The van der Waals surface area contributed by atoms with Gasteiger partial charge in [-0.1, -0.05) is 48.5 Å². The number of nitrogens with one attached hydrogen (secondary N) is 1. The van der Waals surface area contributed by atoms with Crippen LogP contribution in [0.2, 0.25) is 0 Å². The van der Waals surface area contributed by atoms with Crippen LogP contribution in [0.25, 0.3) is 0 Å². The van der Waals surface area contributed by atoms with Gasteiger partial charge in [0.2, 0.25) is 0 Å². The Morgan fingerprint density at radius 2 is 1.77 bits per heavy atom. The van der Waals surface area contributed by atoms with Crippen molar-refractivity contribution in [2.24, 2.45) is 0 Å². The normalized spacial score (nSPS) is 14.5. The second-order valence-electron chi connectivity index (χ2n) is 9.17. The van der Waals surface area contributed by atoms with E-state index in [-0.39, 0.29) is 22.4 Å². The number of rotatable bonds is 9. The number of aromatic nitrogens is 1. The number of nitro groups is 1. The fourth-order valence-corrected chi connectivity index (χ4v) is 4.74. The number of amides is 1. The van der Waals surface area contributed by atoms with E-state index in [9.17, 15) is 14.9 Å². The Morgan fingerprint density at radius 3 is 2.51 bits per heavy atom. The summed E-state index contributed by atoms with van der Waals surface area (Å²) in [5.41, 5.74) is 4.61. The number of pyridine rings is 1. The molecule has 0 saturated carbocycles. The van der Waals surface area contributed by atoms with E-state index < -0.39 is 0 Å². The molecule has 2 aromatic carbocycles. The van der Waals surface area contributed by atoms with Crippen molar-refractivity contribution >= 4 is 11.6 Å². The summed E-state index contributed by atoms with van der Waals surface area (Å²) < 4.78 is 0. The molecule has 1 saturated heterocycles. The van der Waals surface area contributed by atoms with Crippen molar-refractivity contribution in [2.75, 3.05) is 19.6 Å². The molecule has 4 rings (SSSR count). The maximum Gasteiger partial charge on any atom is 0.273 e. The summed E-state index contributed by atoms with van der Waals surface area (Å²) >= 11 is 0. The van der Waals surface area contributed by atoms with Gasteiger partial charge in [-0.3, -0.25) is 24.8 Å². The first kappa shape index (κ1) is 24.5. The summed E-state index contributed by atoms with van der Waals surface area (Å²) in [7, 11) is 0. The van der Waals surface area contributed by atoms with E-state index in [1.54, 1.807) is 12.1 Å². The summed E-state index contributed by atoms with van der Waals surface area (Å²) in [5, 5.41) is 14.4. The van der Waals surface area contributed by atoms with Gasteiger partial charge >= 0.3 is 0 Å². The van der Waals surface area contributed by atoms with E-state index in [1.165, 1.54) is 5.56 Å². The molecule has 0 spiro atoms. The number of nitrogens with zero attached hydrogens (tertiary/aromatic N) is 3. The Hall–Kier alpha value is -3.58. The van der Waals surface area contributed by atoms with E-state index in [0.717, 1.165) is 55.7 Å². The quantitative estimate of drug-likeness (QED) is 0.268. The molecule has 35 heavy (non-hydrogen) atoms.